The number of carbonyl (C=O) groups is 2. The van der Waals surface area contributed by atoms with Gasteiger partial charge >= 0.3 is 12.4 Å². The van der Waals surface area contributed by atoms with Gasteiger partial charge in [0.1, 0.15) is 24.6 Å². The molecule has 0 N–H and O–H groups in total. The molecule has 0 aliphatic heterocycles. The standard InChI is InChI=1S/2C37H40F4N4O2S/c1-4-43(5-2)18-19-44(22-26-6-10-28(11-7-26)29-12-14-30(15-13-29)37(39,40)41)34(46)23-45-33-21-25(3)20-32(33)35(47)42-36(45)48-24-27-8-16-31(38)17-9-27;1-4-43(5-2)21-22-44(25(3)27-11-13-28(14-12-27)29-15-17-30(18-16-29)37(39,40)41)34(46)23-45-33-8-6-7-32(33)35(47)42-36(45)48-24-26-9-19-31(38)20-10-26/h6-17,25H,4-5,18-24H2,1-3H3;9-20,25H,4-8,21-24H2,1-3H3/i6D,7D,8D,9D,10D,11D,12D,13D,14D,15D,16D,17D,18D2,19D2,20D2,21D2,22D2,23D2,25D;4D2,5D2,21D2,22D2,23D2,25D. The zero-order valence-corrected chi connectivity index (χ0v) is 53.1. The summed E-state index contributed by atoms with van der Waals surface area (Å²) in [5, 5.41) is -1.61. The molecule has 10 rings (SSSR count). The van der Waals surface area contributed by atoms with E-state index in [0.717, 1.165) is 49.2 Å². The van der Waals surface area contributed by atoms with Crippen molar-refractivity contribution in [1.29, 1.82) is 0 Å². The van der Waals surface area contributed by atoms with Crippen molar-refractivity contribution in [3.63, 3.8) is 0 Å². The molecule has 2 atom stereocenters. The summed E-state index contributed by atoms with van der Waals surface area (Å²) in [6.07, 6.45) is -16.6. The molecular formula is C74H80F8N8O4S2. The smallest absolute Gasteiger partial charge is 0.336 e. The highest BCUT2D eigenvalue weighted by Gasteiger charge is 2.33. The van der Waals surface area contributed by atoms with Crippen LogP contribution in [0.5, 0.6) is 0 Å². The molecule has 2 amide bonds. The van der Waals surface area contributed by atoms with Crippen LogP contribution in [-0.4, -0.2) is 103 Å². The lowest BCUT2D eigenvalue weighted by atomic mass is 9.99. The molecule has 22 heteroatoms. The second kappa shape index (κ2) is 32.9. The van der Waals surface area contributed by atoms with Gasteiger partial charge in [0, 0.05) is 84.3 Å². The molecular weight excluding hydrogens is 1280 g/mol. The van der Waals surface area contributed by atoms with Crippen LogP contribution in [0.3, 0.4) is 0 Å². The third kappa shape index (κ3) is 18.8. The van der Waals surface area contributed by atoms with Gasteiger partial charge in [-0.3, -0.25) is 19.2 Å². The van der Waals surface area contributed by atoms with Crippen molar-refractivity contribution < 1.29 is 94.1 Å². The number of amides is 2. The Hall–Kier alpha value is -7.92. The average Bonchev–Trinajstić information content (AvgIpc) is 1.47. The van der Waals surface area contributed by atoms with Crippen LogP contribution in [0.25, 0.3) is 22.3 Å². The number of rotatable bonds is 26. The van der Waals surface area contributed by atoms with Crippen molar-refractivity contribution in [2.45, 2.75) is 133 Å². The molecule has 96 heavy (non-hydrogen) atoms. The molecule has 2 unspecified atom stereocenters. The molecule has 12 nitrogen and oxygen atoms in total. The maximum atomic E-state index is 15.5. The van der Waals surface area contributed by atoms with Crippen LogP contribution < -0.4 is 11.1 Å². The van der Waals surface area contributed by atoms with Crippen molar-refractivity contribution in [1.82, 2.24) is 38.7 Å². The number of alkyl halides is 6. The SMILES string of the molecule is [2H]C([2H])(C)N(C([2H])([2H])C)C([2H])([2H])C([2H])([2H])N(C(=O)C([2H])([2H])n1c(SCc2ccc(F)cc2)nc(=O)c2c1CCC2)C([2H])(C)c1ccc(-c2ccc(C(F)(F)F)cc2)cc1.[2H]c1c([2H])c(CSc2nc(=O)c3c(n2C([2H])([2H])C(=O)N(C([2H])([2H])c2c([2H])c([2H])c(-c4c([2H])c([2H])c(C(F)(F)F)c([2H])c4[2H])c([2H])c2[2H])C([2H])([2H])C([2H])([2H])N(CC)CC)C([2H])([2H])C([2H])(C)C3([2H])[2H])c([2H])c([2H])c1F. The Kier molecular flexibility index (Phi) is 13.1. The maximum Gasteiger partial charge on any atom is 0.416 e. The van der Waals surface area contributed by atoms with E-state index in [1.165, 1.54) is 74.5 Å². The van der Waals surface area contributed by atoms with Crippen LogP contribution in [0, 0.1) is 17.5 Å². The molecule has 0 spiro atoms. The van der Waals surface area contributed by atoms with Gasteiger partial charge in [0.15, 0.2) is 10.3 Å². The van der Waals surface area contributed by atoms with E-state index < -0.39 is 276 Å². The van der Waals surface area contributed by atoms with Crippen molar-refractivity contribution >= 4 is 35.3 Å². The highest BCUT2D eigenvalue weighted by atomic mass is 32.2. The van der Waals surface area contributed by atoms with E-state index in [0.29, 0.717) is 34.9 Å². The quantitative estimate of drug-likeness (QED) is 0.0295. The predicted octanol–water partition coefficient (Wildman–Crippen LogP) is 15.2. The molecule has 0 saturated heterocycles. The fourth-order valence-electron chi connectivity index (χ4n) is 8.93. The first-order valence-corrected chi connectivity index (χ1v) is 30.7. The van der Waals surface area contributed by atoms with Gasteiger partial charge in [0.05, 0.1) is 48.7 Å². The van der Waals surface area contributed by atoms with Crippen molar-refractivity contribution in [2.75, 3.05) is 52.1 Å². The van der Waals surface area contributed by atoms with E-state index >= 15 is 9.59 Å². The zero-order chi connectivity index (χ0) is 101. The molecule has 2 aliphatic rings. The van der Waals surface area contributed by atoms with E-state index in [2.05, 4.69) is 9.97 Å². The molecule has 508 valence electrons. The Morgan fingerprint density at radius 1 is 0.604 bits per heavy atom. The summed E-state index contributed by atoms with van der Waals surface area (Å²) in [5.41, 5.74) is -12.4. The predicted molar refractivity (Wildman–Crippen MR) is 362 cm³/mol. The van der Waals surface area contributed by atoms with Crippen LogP contribution >= 0.6 is 23.5 Å². The highest BCUT2D eigenvalue weighted by Crippen LogP contribution is 2.35. The summed E-state index contributed by atoms with van der Waals surface area (Å²) in [4.78, 5) is 64.8. The second-order valence-corrected chi connectivity index (χ2v) is 22.1. The Morgan fingerprint density at radius 3 is 1.70 bits per heavy atom. The highest BCUT2D eigenvalue weighted by molar-refractivity contribution is 7.98. The molecule has 2 aromatic heterocycles. The molecule has 0 saturated carbocycles. The van der Waals surface area contributed by atoms with Gasteiger partial charge in [-0.25, -0.2) is 8.78 Å². The fourth-order valence-corrected chi connectivity index (χ4v) is 10.7. The van der Waals surface area contributed by atoms with Crippen molar-refractivity contribution in [3.05, 3.63) is 234 Å². The summed E-state index contributed by atoms with van der Waals surface area (Å²) in [6, 6.07) is -6.02. The van der Waals surface area contributed by atoms with Crippen LogP contribution in [0.1, 0.15) is 159 Å². The minimum Gasteiger partial charge on any atom is -0.336 e. The first-order valence-electron chi connectivity index (χ1n) is 46.7. The van der Waals surface area contributed by atoms with E-state index in [-0.39, 0.29) is 66.7 Å². The number of hydrogen-bond acceptors (Lipinski definition) is 10. The van der Waals surface area contributed by atoms with Gasteiger partial charge in [0.25, 0.3) is 11.1 Å². The number of fused-ring (bicyclic) bond motifs is 2. The number of aromatic nitrogens is 4. The first-order chi connectivity index (χ1) is 59.8. The number of thioether (sulfide) groups is 2. The van der Waals surface area contributed by atoms with Crippen molar-refractivity contribution in [3.8, 4) is 22.3 Å². The summed E-state index contributed by atoms with van der Waals surface area (Å²) in [5.74, 6) is -10.9. The van der Waals surface area contributed by atoms with Crippen LogP contribution in [0.4, 0.5) is 35.1 Å². The summed E-state index contributed by atoms with van der Waals surface area (Å²) in [6.45, 7) is -29.5. The largest absolute Gasteiger partial charge is 0.416 e. The van der Waals surface area contributed by atoms with Crippen LogP contribution in [0.2, 0.25) is 0 Å². The lowest BCUT2D eigenvalue weighted by Crippen LogP contribution is -2.42. The number of likely N-dealkylation sites (N-methyl/N-ethyl adjacent to an activating group) is 2. The third-order valence-electron chi connectivity index (χ3n) is 13.9. The van der Waals surface area contributed by atoms with Gasteiger partial charge < -0.3 is 28.7 Å². The molecule has 0 bridgehead atoms. The number of halogens is 8. The molecule has 2 heterocycles. The summed E-state index contributed by atoms with van der Waals surface area (Å²) in [7, 11) is 0. The lowest BCUT2D eigenvalue weighted by Gasteiger charge is -2.33. The second-order valence-electron chi connectivity index (χ2n) is 20.2. The Balaban J connectivity index is 0.000000304. The fraction of sp³-hybridized carbons (Fsp3) is 0.378. The van der Waals surface area contributed by atoms with Gasteiger partial charge in [-0.1, -0.05) is 155 Å². The molecule has 0 radical (unpaired) electrons. The van der Waals surface area contributed by atoms with Gasteiger partial charge in [-0.05, 0) is 164 Å². The van der Waals surface area contributed by atoms with Gasteiger partial charge in [-0.2, -0.15) is 36.3 Å². The van der Waals surface area contributed by atoms with E-state index in [1.54, 1.807) is 0 Å². The summed E-state index contributed by atoms with van der Waals surface area (Å²) >= 11 is 0.802. The van der Waals surface area contributed by atoms with Crippen molar-refractivity contribution in [2.24, 2.45) is 5.89 Å². The topological polar surface area (TPSA) is 117 Å². The molecule has 0 fully saturated rings. The van der Waals surface area contributed by atoms with E-state index in [9.17, 15) is 59.8 Å². The maximum absolute atomic E-state index is 15.5. The van der Waals surface area contributed by atoms with Gasteiger partial charge in [-0.15, -0.1) is 0 Å². The minimum absolute atomic E-state index is 0.00354. The van der Waals surface area contributed by atoms with Crippen LogP contribution in [-0.2, 0) is 78.5 Å². The lowest BCUT2D eigenvalue weighted by molar-refractivity contribution is -0.138. The number of carbonyl (C=O) groups excluding carboxylic acids is 2. The number of hydrogen-bond donors (Lipinski definition) is 0. The molecule has 2 aliphatic carbocycles. The molecule has 8 aromatic rings. The van der Waals surface area contributed by atoms with E-state index in [1.807, 2.05) is 0 Å². The van der Waals surface area contributed by atoms with Crippen LogP contribution in [0.15, 0.2) is 165 Å². The number of nitrogens with zero attached hydrogens (tertiary/aromatic N) is 8. The zero-order valence-electron chi connectivity index (χ0n) is 87.4. The van der Waals surface area contributed by atoms with Gasteiger partial charge in [0.2, 0.25) is 11.8 Å². The Morgan fingerprint density at radius 2 is 1.12 bits per heavy atom. The Labute approximate surface area is 614 Å². The third-order valence-corrected chi connectivity index (χ3v) is 15.9. The first kappa shape index (κ1) is 38.3. The summed E-state index contributed by atoms with van der Waals surface area (Å²) < 4.78 is 427. The number of benzene rings is 6. The normalized spacial score (nSPS) is 22.9. The average molecular weight is 1400 g/mol. The van der Waals surface area contributed by atoms with E-state index in [4.69, 9.17) is 34.3 Å². The molecule has 6 aromatic carbocycles. The minimum atomic E-state index is -5.50. The Bertz CT molecular complexity index is 5900. The monoisotopic (exact) mass is 1400 g/mol.